The van der Waals surface area contributed by atoms with E-state index < -0.39 is 0 Å². The van der Waals surface area contributed by atoms with Crippen molar-refractivity contribution in [3.8, 4) is 5.69 Å². The van der Waals surface area contributed by atoms with Gasteiger partial charge >= 0.3 is 0 Å². The van der Waals surface area contributed by atoms with E-state index in [9.17, 15) is 4.79 Å². The molecule has 1 aliphatic carbocycles. The summed E-state index contributed by atoms with van der Waals surface area (Å²) >= 11 is 1.44. The lowest BCUT2D eigenvalue weighted by Gasteiger charge is -2.48. The summed E-state index contributed by atoms with van der Waals surface area (Å²) in [6, 6.07) is 8.25. The molecule has 0 radical (unpaired) electrons. The van der Waals surface area contributed by atoms with Gasteiger partial charge in [-0.05, 0) is 30.9 Å². The van der Waals surface area contributed by atoms with Crippen LogP contribution in [0.25, 0.3) is 5.69 Å². The number of thioether (sulfide) groups is 1. The molecule has 1 saturated carbocycles. The molecule has 0 unspecified atom stereocenters. The van der Waals surface area contributed by atoms with Crippen molar-refractivity contribution in [2.75, 3.05) is 38.6 Å². The molecule has 0 spiro atoms. The second-order valence-corrected chi connectivity index (χ2v) is 9.36. The topological polar surface area (TPSA) is 72.3 Å². The third kappa shape index (κ3) is 5.30. The second-order valence-electron chi connectivity index (χ2n) is 8.42. The highest BCUT2D eigenvalue weighted by Gasteiger charge is 2.38. The van der Waals surface area contributed by atoms with Gasteiger partial charge in [-0.2, -0.15) is 0 Å². The zero-order valence-electron chi connectivity index (χ0n) is 18.4. The van der Waals surface area contributed by atoms with E-state index in [1.54, 1.807) is 6.33 Å². The third-order valence-corrected chi connectivity index (χ3v) is 7.50. The lowest BCUT2D eigenvalue weighted by Crippen LogP contribution is -2.59. The lowest BCUT2D eigenvalue weighted by molar-refractivity contribution is -0.119. The van der Waals surface area contributed by atoms with Crippen LogP contribution in [-0.2, 0) is 16.0 Å². The number of nitrogens with zero attached hydrogens (tertiary/aromatic N) is 4. The van der Waals surface area contributed by atoms with Gasteiger partial charge in [-0.25, -0.2) is 0 Å². The number of para-hydroxylation sites is 1. The number of hydrogen-bond donors (Lipinski definition) is 1. The van der Waals surface area contributed by atoms with E-state index in [-0.39, 0.29) is 11.4 Å². The van der Waals surface area contributed by atoms with Crippen LogP contribution in [0.2, 0.25) is 0 Å². The highest BCUT2D eigenvalue weighted by molar-refractivity contribution is 7.99. The number of amides is 1. The van der Waals surface area contributed by atoms with E-state index >= 15 is 0 Å². The second kappa shape index (κ2) is 10.6. The van der Waals surface area contributed by atoms with E-state index in [1.807, 2.05) is 16.7 Å². The zero-order valence-corrected chi connectivity index (χ0v) is 19.2. The van der Waals surface area contributed by atoms with Crippen molar-refractivity contribution < 1.29 is 9.53 Å². The van der Waals surface area contributed by atoms with Gasteiger partial charge < -0.3 is 10.1 Å². The van der Waals surface area contributed by atoms with Crippen LogP contribution in [0.15, 0.2) is 35.7 Å². The van der Waals surface area contributed by atoms with Crippen molar-refractivity contribution in [3.05, 3.63) is 36.2 Å². The third-order valence-electron chi connectivity index (χ3n) is 6.56. The first-order valence-corrected chi connectivity index (χ1v) is 12.4. The molecule has 2 heterocycles. The molecular weight excluding hydrogens is 410 g/mol. The molecule has 2 fully saturated rings. The average molecular weight is 444 g/mol. The van der Waals surface area contributed by atoms with Crippen LogP contribution >= 0.6 is 11.8 Å². The van der Waals surface area contributed by atoms with E-state index in [1.165, 1.54) is 36.6 Å². The molecule has 1 aromatic heterocycles. The van der Waals surface area contributed by atoms with Crippen LogP contribution in [0.1, 0.15) is 44.6 Å². The molecule has 7 nitrogen and oxygen atoms in total. The smallest absolute Gasteiger partial charge is 0.230 e. The number of morpholine rings is 1. The van der Waals surface area contributed by atoms with Gasteiger partial charge in [-0.15, -0.1) is 10.2 Å². The predicted molar refractivity (Wildman–Crippen MR) is 123 cm³/mol. The average Bonchev–Trinajstić information content (AvgIpc) is 3.31. The molecule has 1 saturated heterocycles. The maximum atomic E-state index is 12.7. The molecule has 1 aromatic carbocycles. The predicted octanol–water partition coefficient (Wildman–Crippen LogP) is 3.07. The fourth-order valence-electron chi connectivity index (χ4n) is 4.83. The minimum absolute atomic E-state index is 0.0570. The summed E-state index contributed by atoms with van der Waals surface area (Å²) < 4.78 is 7.54. The number of carbonyl (C=O) groups excluding carboxylic acids is 1. The molecule has 31 heavy (non-hydrogen) atoms. The number of aromatic nitrogens is 3. The molecule has 168 valence electrons. The molecular formula is C23H33N5O2S. The van der Waals surface area contributed by atoms with Crippen molar-refractivity contribution in [3.63, 3.8) is 0 Å². The van der Waals surface area contributed by atoms with Crippen LogP contribution in [0.3, 0.4) is 0 Å². The van der Waals surface area contributed by atoms with Crippen molar-refractivity contribution in [1.82, 2.24) is 25.0 Å². The zero-order chi connectivity index (χ0) is 21.5. The summed E-state index contributed by atoms with van der Waals surface area (Å²) in [4.78, 5) is 15.3. The van der Waals surface area contributed by atoms with Gasteiger partial charge in [0.2, 0.25) is 5.91 Å². The monoisotopic (exact) mass is 443 g/mol. The number of aryl methyl sites for hydroxylation is 1. The Bertz CT molecular complexity index is 859. The first kappa shape index (κ1) is 22.3. The van der Waals surface area contributed by atoms with Gasteiger partial charge in [0.1, 0.15) is 6.33 Å². The quantitative estimate of drug-likeness (QED) is 0.632. The standard InChI is InChI=1S/C23H33N5O2S/c1-2-19-8-4-5-9-20(19)28-18-25-26-22(28)31-16-21(29)24-17-23(10-6-3-7-11-23)27-12-14-30-15-13-27/h4-5,8-9,18H,2-3,6-7,10-17H2,1H3,(H,24,29). The molecule has 0 atom stereocenters. The number of benzene rings is 1. The van der Waals surface area contributed by atoms with Gasteiger partial charge in [0.05, 0.1) is 24.7 Å². The highest BCUT2D eigenvalue weighted by Crippen LogP contribution is 2.34. The van der Waals surface area contributed by atoms with Crippen molar-refractivity contribution in [2.45, 2.75) is 56.1 Å². The minimum Gasteiger partial charge on any atom is -0.379 e. The van der Waals surface area contributed by atoms with Gasteiger partial charge in [-0.3, -0.25) is 14.3 Å². The fraction of sp³-hybridized carbons (Fsp3) is 0.609. The van der Waals surface area contributed by atoms with Gasteiger partial charge in [0.25, 0.3) is 0 Å². The largest absolute Gasteiger partial charge is 0.379 e. The van der Waals surface area contributed by atoms with Crippen LogP contribution in [-0.4, -0.2) is 69.7 Å². The van der Waals surface area contributed by atoms with Gasteiger partial charge in [-0.1, -0.05) is 56.1 Å². The summed E-state index contributed by atoms with van der Waals surface area (Å²) in [6.07, 6.45) is 8.74. The van der Waals surface area contributed by atoms with E-state index in [4.69, 9.17) is 4.74 Å². The maximum Gasteiger partial charge on any atom is 0.230 e. The normalized spacial score (nSPS) is 19.3. The van der Waals surface area contributed by atoms with Crippen LogP contribution in [0, 0.1) is 0 Å². The SMILES string of the molecule is CCc1ccccc1-n1cnnc1SCC(=O)NCC1(N2CCOCC2)CCCCC1. The van der Waals surface area contributed by atoms with Gasteiger partial charge in [0, 0.05) is 25.2 Å². The number of nitrogens with one attached hydrogen (secondary N) is 1. The number of ether oxygens (including phenoxy) is 1. The Morgan fingerprint density at radius 3 is 2.74 bits per heavy atom. The van der Waals surface area contributed by atoms with Crippen LogP contribution < -0.4 is 5.32 Å². The molecule has 4 rings (SSSR count). The number of hydrogen-bond acceptors (Lipinski definition) is 6. The van der Waals surface area contributed by atoms with Crippen molar-refractivity contribution >= 4 is 17.7 Å². The fourth-order valence-corrected chi connectivity index (χ4v) is 5.58. The molecule has 1 aliphatic heterocycles. The Morgan fingerprint density at radius 2 is 1.97 bits per heavy atom. The molecule has 1 N–H and O–H groups in total. The molecule has 1 amide bonds. The molecule has 2 aromatic rings. The Hall–Kier alpha value is -1.90. The van der Waals surface area contributed by atoms with Crippen LogP contribution in [0.5, 0.6) is 0 Å². The summed E-state index contributed by atoms with van der Waals surface area (Å²) in [7, 11) is 0. The van der Waals surface area contributed by atoms with E-state index in [2.05, 4.69) is 39.5 Å². The maximum absolute atomic E-state index is 12.7. The summed E-state index contributed by atoms with van der Waals surface area (Å²) in [5, 5.41) is 12.3. The molecule has 2 aliphatic rings. The Kier molecular flexibility index (Phi) is 7.63. The number of rotatable bonds is 8. The first-order chi connectivity index (χ1) is 15.2. The van der Waals surface area contributed by atoms with Crippen molar-refractivity contribution in [1.29, 1.82) is 0 Å². The molecule has 0 bridgehead atoms. The van der Waals surface area contributed by atoms with Crippen LogP contribution in [0.4, 0.5) is 0 Å². The van der Waals surface area contributed by atoms with Crippen molar-refractivity contribution in [2.24, 2.45) is 0 Å². The summed E-state index contributed by atoms with van der Waals surface area (Å²) in [5.74, 6) is 0.396. The minimum atomic E-state index is 0.0570. The van der Waals surface area contributed by atoms with E-state index in [0.29, 0.717) is 5.75 Å². The van der Waals surface area contributed by atoms with Gasteiger partial charge in [0.15, 0.2) is 5.16 Å². The molecule has 8 heteroatoms. The van der Waals surface area contributed by atoms with E-state index in [0.717, 1.165) is 63.0 Å². The Labute approximate surface area is 188 Å². The number of carbonyl (C=O) groups is 1. The first-order valence-electron chi connectivity index (χ1n) is 11.4. The summed E-state index contributed by atoms with van der Waals surface area (Å²) in [5.41, 5.74) is 2.40. The summed E-state index contributed by atoms with van der Waals surface area (Å²) in [6.45, 7) is 6.37. The highest BCUT2D eigenvalue weighted by atomic mass is 32.2. The Morgan fingerprint density at radius 1 is 1.19 bits per heavy atom. The lowest BCUT2D eigenvalue weighted by atomic mass is 9.79. The Balaban J connectivity index is 1.36.